The molecule has 0 radical (unpaired) electrons. The molecule has 0 unspecified atom stereocenters. The molecule has 13 heteroatoms. The Bertz CT molecular complexity index is 605. The van der Waals surface area contributed by atoms with E-state index in [-0.39, 0.29) is 19.1 Å². The minimum atomic E-state index is -1.38. The molecule has 2 aliphatic heterocycles. The number of amides is 1. The summed E-state index contributed by atoms with van der Waals surface area (Å²) >= 11 is 0. The molecular formula is C23H44N2O11. The maximum absolute atomic E-state index is 11.4. The van der Waals surface area contributed by atoms with Crippen LogP contribution in [0.5, 0.6) is 0 Å². The van der Waals surface area contributed by atoms with Gasteiger partial charge in [-0.05, 0) is 33.2 Å². The van der Waals surface area contributed by atoms with Crippen molar-refractivity contribution in [3.05, 3.63) is 0 Å². The summed E-state index contributed by atoms with van der Waals surface area (Å²) in [5, 5.41) is 62.4. The largest absolute Gasteiger partial charge is 0.388 e. The standard InChI is InChI=1S/C23H44N2O11/c1-13-16(27)18(29)20(31)22(35-13)33-11-9-25(8-6-4-5-7-15(26)24-3)10-12-34-23-21(32)19(30)17(28)14(2)36-23/h13-14,16-23,27-32H,4-12H2,1-3H3,(H,24,26)/t13-,14-,16+,17+,18+,19+,20-,21-,22+,23+/m0/s1. The molecule has 2 rings (SSSR count). The van der Waals surface area contributed by atoms with Crippen LogP contribution in [0, 0.1) is 0 Å². The smallest absolute Gasteiger partial charge is 0.219 e. The van der Waals surface area contributed by atoms with Crippen LogP contribution >= 0.6 is 0 Å². The van der Waals surface area contributed by atoms with Crippen LogP contribution < -0.4 is 5.32 Å². The van der Waals surface area contributed by atoms with Crippen molar-refractivity contribution in [3.8, 4) is 0 Å². The Balaban J connectivity index is 1.82. The fraction of sp³-hybridized carbons (Fsp3) is 0.957. The van der Waals surface area contributed by atoms with E-state index in [4.69, 9.17) is 18.9 Å². The number of hydrogen-bond acceptors (Lipinski definition) is 12. The summed E-state index contributed by atoms with van der Waals surface area (Å²) in [5.41, 5.74) is 0. The first-order valence-corrected chi connectivity index (χ1v) is 12.6. The summed E-state index contributed by atoms with van der Waals surface area (Å²) in [4.78, 5) is 13.4. The number of ether oxygens (including phenoxy) is 4. The molecule has 0 saturated carbocycles. The van der Waals surface area contributed by atoms with Crippen molar-refractivity contribution < 1.29 is 54.4 Å². The molecule has 0 spiro atoms. The maximum Gasteiger partial charge on any atom is 0.219 e. The summed E-state index contributed by atoms with van der Waals surface area (Å²) in [6, 6.07) is 0. The fourth-order valence-corrected chi connectivity index (χ4v) is 4.16. The second-order valence-electron chi connectivity index (χ2n) is 9.43. The van der Waals surface area contributed by atoms with E-state index >= 15 is 0 Å². The van der Waals surface area contributed by atoms with Gasteiger partial charge in [0.1, 0.15) is 36.6 Å². The lowest BCUT2D eigenvalue weighted by Crippen LogP contribution is -2.57. The molecule has 0 bridgehead atoms. The monoisotopic (exact) mass is 524 g/mol. The average molecular weight is 525 g/mol. The van der Waals surface area contributed by atoms with E-state index in [1.807, 2.05) is 4.90 Å². The van der Waals surface area contributed by atoms with Gasteiger partial charge >= 0.3 is 0 Å². The first-order chi connectivity index (χ1) is 17.1. The molecule has 2 heterocycles. The van der Waals surface area contributed by atoms with E-state index in [0.29, 0.717) is 26.1 Å². The van der Waals surface area contributed by atoms with Crippen molar-refractivity contribution >= 4 is 5.91 Å². The minimum absolute atomic E-state index is 0.00574. The Morgan fingerprint density at radius 2 is 1.19 bits per heavy atom. The second kappa shape index (κ2) is 15.4. The molecule has 1 amide bonds. The highest BCUT2D eigenvalue weighted by atomic mass is 16.7. The Labute approximate surface area is 211 Å². The van der Waals surface area contributed by atoms with Gasteiger partial charge in [0, 0.05) is 26.6 Å². The summed E-state index contributed by atoms with van der Waals surface area (Å²) in [5.74, 6) is -0.00574. The fourth-order valence-electron chi connectivity index (χ4n) is 4.16. The number of hydrogen-bond donors (Lipinski definition) is 7. The van der Waals surface area contributed by atoms with Crippen molar-refractivity contribution in [2.24, 2.45) is 0 Å². The van der Waals surface area contributed by atoms with Gasteiger partial charge < -0.3 is 54.9 Å². The number of unbranched alkanes of at least 4 members (excludes halogenated alkanes) is 2. The first-order valence-electron chi connectivity index (χ1n) is 12.6. The zero-order valence-electron chi connectivity index (χ0n) is 21.3. The normalized spacial score (nSPS) is 37.3. The van der Waals surface area contributed by atoms with Crippen LogP contribution in [0.2, 0.25) is 0 Å². The van der Waals surface area contributed by atoms with Gasteiger partial charge in [-0.3, -0.25) is 9.69 Å². The van der Waals surface area contributed by atoms with Gasteiger partial charge in [-0.25, -0.2) is 0 Å². The van der Waals surface area contributed by atoms with Gasteiger partial charge in [-0.1, -0.05) is 6.42 Å². The Kier molecular flexibility index (Phi) is 13.4. The highest BCUT2D eigenvalue weighted by Gasteiger charge is 2.43. The molecule has 0 aromatic heterocycles. The highest BCUT2D eigenvalue weighted by Crippen LogP contribution is 2.23. The molecule has 212 valence electrons. The number of aliphatic hydroxyl groups excluding tert-OH is 6. The van der Waals surface area contributed by atoms with Crippen molar-refractivity contribution in [1.29, 1.82) is 0 Å². The zero-order valence-corrected chi connectivity index (χ0v) is 21.3. The number of carbonyl (C=O) groups is 1. The van der Waals surface area contributed by atoms with Crippen LogP contribution in [0.3, 0.4) is 0 Å². The minimum Gasteiger partial charge on any atom is -0.388 e. The van der Waals surface area contributed by atoms with Crippen LogP contribution in [0.1, 0.15) is 39.5 Å². The highest BCUT2D eigenvalue weighted by molar-refractivity contribution is 5.75. The summed E-state index contributed by atoms with van der Waals surface area (Å²) in [6.07, 6.45) is -8.63. The Morgan fingerprint density at radius 3 is 1.64 bits per heavy atom. The number of nitrogens with one attached hydrogen (secondary N) is 1. The van der Waals surface area contributed by atoms with Crippen LogP contribution in [0.15, 0.2) is 0 Å². The van der Waals surface area contributed by atoms with E-state index in [1.54, 1.807) is 20.9 Å². The third kappa shape index (κ3) is 9.10. The Hall–Kier alpha value is -0.970. The van der Waals surface area contributed by atoms with E-state index in [1.165, 1.54) is 0 Å². The lowest BCUT2D eigenvalue weighted by Gasteiger charge is -2.39. The van der Waals surface area contributed by atoms with Crippen molar-refractivity contribution in [3.63, 3.8) is 0 Å². The van der Waals surface area contributed by atoms with E-state index in [2.05, 4.69) is 5.32 Å². The second-order valence-corrected chi connectivity index (χ2v) is 9.43. The van der Waals surface area contributed by atoms with Crippen molar-refractivity contribution in [1.82, 2.24) is 10.2 Å². The average Bonchev–Trinajstić information content (AvgIpc) is 2.86. The summed E-state index contributed by atoms with van der Waals surface area (Å²) in [7, 11) is 1.60. The molecule has 0 aliphatic carbocycles. The van der Waals surface area contributed by atoms with E-state index in [9.17, 15) is 35.4 Å². The predicted octanol–water partition coefficient (Wildman–Crippen LogP) is -2.72. The molecule has 13 nitrogen and oxygen atoms in total. The molecular weight excluding hydrogens is 480 g/mol. The van der Waals surface area contributed by atoms with Gasteiger partial charge in [0.2, 0.25) is 5.91 Å². The van der Waals surface area contributed by atoms with Crippen LogP contribution in [-0.2, 0) is 23.7 Å². The zero-order chi connectivity index (χ0) is 26.8. The van der Waals surface area contributed by atoms with Crippen molar-refractivity contribution in [2.45, 2.75) is 101 Å². The molecule has 2 saturated heterocycles. The molecule has 2 fully saturated rings. The van der Waals surface area contributed by atoms with Crippen LogP contribution in [0.25, 0.3) is 0 Å². The maximum atomic E-state index is 11.4. The van der Waals surface area contributed by atoms with Crippen molar-refractivity contribution in [2.75, 3.05) is 39.9 Å². The molecule has 0 aromatic carbocycles. The molecule has 2 aliphatic rings. The van der Waals surface area contributed by atoms with Gasteiger partial charge in [-0.2, -0.15) is 0 Å². The van der Waals surface area contributed by atoms with Gasteiger partial charge in [0.15, 0.2) is 12.6 Å². The number of carbonyl (C=O) groups excluding carboxylic acids is 1. The molecule has 7 N–H and O–H groups in total. The van der Waals surface area contributed by atoms with Gasteiger partial charge in [-0.15, -0.1) is 0 Å². The quantitative estimate of drug-likeness (QED) is 0.116. The van der Waals surface area contributed by atoms with Crippen LogP contribution in [0.4, 0.5) is 0 Å². The number of aliphatic hydroxyl groups is 6. The van der Waals surface area contributed by atoms with E-state index in [0.717, 1.165) is 19.3 Å². The van der Waals surface area contributed by atoms with Gasteiger partial charge in [0.25, 0.3) is 0 Å². The lowest BCUT2D eigenvalue weighted by molar-refractivity contribution is -0.295. The van der Waals surface area contributed by atoms with E-state index < -0.39 is 61.4 Å². The Morgan fingerprint density at radius 1 is 0.722 bits per heavy atom. The topological polar surface area (TPSA) is 191 Å². The first kappa shape index (κ1) is 31.2. The summed E-state index contributed by atoms with van der Waals surface area (Å²) < 4.78 is 22.2. The number of rotatable bonds is 14. The molecule has 36 heavy (non-hydrogen) atoms. The lowest BCUT2D eigenvalue weighted by atomic mass is 10.0. The summed E-state index contributed by atoms with van der Waals surface area (Å²) in [6.45, 7) is 5.03. The predicted molar refractivity (Wildman–Crippen MR) is 126 cm³/mol. The third-order valence-corrected chi connectivity index (χ3v) is 6.65. The molecule has 0 aromatic rings. The van der Waals surface area contributed by atoms with Crippen LogP contribution in [-0.4, -0.2) is 143 Å². The van der Waals surface area contributed by atoms with Gasteiger partial charge in [0.05, 0.1) is 25.4 Å². The SMILES string of the molecule is CNC(=O)CCCCCN(CCO[C@@H]1O[C@@H](C)[C@@H](O)[C@@H](O)[C@@H]1O)CCO[C@@H]1O[C@@H](C)[C@@H](O)[C@@H](O)[C@@H]1O. The molecule has 10 atom stereocenters. The number of nitrogens with zero attached hydrogens (tertiary/aromatic N) is 1. The third-order valence-electron chi connectivity index (χ3n) is 6.65.